The fraction of sp³-hybridized carbons (Fsp3) is 0.190. The van der Waals surface area contributed by atoms with E-state index in [-0.39, 0.29) is 20.6 Å². The fourth-order valence-corrected chi connectivity index (χ4v) is 2.22. The van der Waals surface area contributed by atoms with Gasteiger partial charge < -0.3 is 15.8 Å². The predicted octanol–water partition coefficient (Wildman–Crippen LogP) is 0.169. The minimum absolute atomic E-state index is 0. The first-order valence-corrected chi connectivity index (χ1v) is 8.69. The van der Waals surface area contributed by atoms with E-state index < -0.39 is 23.8 Å². The summed E-state index contributed by atoms with van der Waals surface area (Å²) in [7, 11) is 0. The van der Waals surface area contributed by atoms with Crippen molar-refractivity contribution in [3.05, 3.63) is 65.2 Å². The number of carbonyl (C=O) groups is 3. The Kier molecular flexibility index (Phi) is 10.2. The first-order valence-electron chi connectivity index (χ1n) is 8.69. The van der Waals surface area contributed by atoms with Crippen molar-refractivity contribution < 1.29 is 29.5 Å². The third kappa shape index (κ3) is 7.79. The summed E-state index contributed by atoms with van der Waals surface area (Å²) >= 11 is 0. The number of benzene rings is 2. The molecule has 7 N–H and O–H groups in total. The van der Waals surface area contributed by atoms with E-state index in [1.807, 2.05) is 0 Å². The molecule has 31 heavy (non-hydrogen) atoms. The maximum atomic E-state index is 12.2. The van der Waals surface area contributed by atoms with Crippen molar-refractivity contribution in [1.82, 2.24) is 16.3 Å². The van der Waals surface area contributed by atoms with Crippen molar-refractivity contribution in [3.8, 4) is 17.6 Å². The number of nitrogens with two attached hydrogens (primary N) is 1. The Labute approximate surface area is 179 Å². The van der Waals surface area contributed by atoms with Crippen LogP contribution in [0.4, 0.5) is 0 Å². The Morgan fingerprint density at radius 3 is 1.97 bits per heavy atom. The summed E-state index contributed by atoms with van der Waals surface area (Å²) in [6.45, 7) is -0.474. The van der Waals surface area contributed by atoms with Gasteiger partial charge in [0.05, 0.1) is 0 Å². The number of carbonyl (C=O) groups excluding carboxylic acids is 3. The first kappa shape index (κ1) is 25.1. The highest BCUT2D eigenvalue weighted by molar-refractivity contribution is 5.97. The SMILES string of the molecule is C.NC[C@H](NC(=O)c1ccc(C#Cc2ccc(OCC(=O)NO)cc2)cc1)C(=O)NO. The molecule has 3 amide bonds. The third-order valence-corrected chi connectivity index (χ3v) is 3.81. The largest absolute Gasteiger partial charge is 0.484 e. The topological polar surface area (TPSA) is 163 Å². The molecule has 0 aliphatic heterocycles. The van der Waals surface area contributed by atoms with Crippen LogP contribution < -0.4 is 26.7 Å². The van der Waals surface area contributed by atoms with E-state index in [9.17, 15) is 14.4 Å². The van der Waals surface area contributed by atoms with E-state index in [0.717, 1.165) is 0 Å². The molecule has 0 aromatic heterocycles. The summed E-state index contributed by atoms with van der Waals surface area (Å²) in [5.74, 6) is 4.37. The molecule has 164 valence electrons. The number of nitrogens with one attached hydrogen (secondary N) is 3. The second-order valence-electron chi connectivity index (χ2n) is 5.91. The van der Waals surface area contributed by atoms with E-state index in [1.54, 1.807) is 48.5 Å². The molecule has 1 atom stereocenters. The second-order valence-corrected chi connectivity index (χ2v) is 5.91. The molecule has 0 unspecified atom stereocenters. The van der Waals surface area contributed by atoms with Gasteiger partial charge in [0, 0.05) is 23.2 Å². The summed E-state index contributed by atoms with van der Waals surface area (Å²) in [6.07, 6.45) is 0. The quantitative estimate of drug-likeness (QED) is 0.208. The Bertz CT molecular complexity index is 949. The van der Waals surface area contributed by atoms with Crippen LogP contribution in [0.15, 0.2) is 48.5 Å². The van der Waals surface area contributed by atoms with E-state index >= 15 is 0 Å². The monoisotopic (exact) mass is 428 g/mol. The predicted molar refractivity (Wildman–Crippen MR) is 111 cm³/mol. The van der Waals surface area contributed by atoms with Crippen LogP contribution in [-0.4, -0.2) is 47.3 Å². The van der Waals surface area contributed by atoms with Gasteiger partial charge in [-0.15, -0.1) is 0 Å². The summed E-state index contributed by atoms with van der Waals surface area (Å²) < 4.78 is 5.16. The van der Waals surface area contributed by atoms with Crippen molar-refractivity contribution >= 4 is 17.7 Å². The molecular weight excluding hydrogens is 404 g/mol. The average Bonchev–Trinajstić information content (AvgIpc) is 2.79. The van der Waals surface area contributed by atoms with Gasteiger partial charge in [-0.2, -0.15) is 0 Å². The molecule has 0 aliphatic rings. The average molecular weight is 428 g/mol. The van der Waals surface area contributed by atoms with Crippen LogP contribution in [0.1, 0.15) is 28.9 Å². The zero-order valence-electron chi connectivity index (χ0n) is 15.7. The maximum Gasteiger partial charge on any atom is 0.281 e. The Morgan fingerprint density at radius 2 is 1.48 bits per heavy atom. The van der Waals surface area contributed by atoms with Crippen LogP contribution in [0.25, 0.3) is 0 Å². The standard InChI is InChI=1S/C20H20N4O6.CH4/c21-11-17(20(27)24-29)22-19(26)15-7-3-13(4-8-15)1-2-14-5-9-16(10-6-14)30-12-18(25)23-28;/h3-10,17,28-29H,11-12,21H2,(H,22,26)(H,23,25)(H,24,27);1H4/t17-;/m0./s1. The van der Waals surface area contributed by atoms with Gasteiger partial charge in [-0.25, -0.2) is 11.0 Å². The van der Waals surface area contributed by atoms with Gasteiger partial charge >= 0.3 is 0 Å². The van der Waals surface area contributed by atoms with Crippen LogP contribution in [0, 0.1) is 11.8 Å². The molecule has 0 fully saturated rings. The number of ether oxygens (including phenoxy) is 1. The zero-order valence-corrected chi connectivity index (χ0v) is 15.7. The molecule has 0 saturated carbocycles. The lowest BCUT2D eigenvalue weighted by Crippen LogP contribution is -2.50. The number of hydrogen-bond acceptors (Lipinski definition) is 7. The van der Waals surface area contributed by atoms with Gasteiger partial charge in [0.15, 0.2) is 6.61 Å². The second kappa shape index (κ2) is 12.6. The molecule has 2 rings (SSSR count). The third-order valence-electron chi connectivity index (χ3n) is 3.81. The van der Waals surface area contributed by atoms with Gasteiger partial charge in [-0.05, 0) is 48.5 Å². The molecule has 10 nitrogen and oxygen atoms in total. The van der Waals surface area contributed by atoms with Crippen molar-refractivity contribution in [2.24, 2.45) is 5.73 Å². The molecule has 0 bridgehead atoms. The molecule has 10 heteroatoms. The van der Waals surface area contributed by atoms with Crippen molar-refractivity contribution in [3.63, 3.8) is 0 Å². The summed E-state index contributed by atoms with van der Waals surface area (Å²) in [6, 6.07) is 12.0. The summed E-state index contributed by atoms with van der Waals surface area (Å²) in [4.78, 5) is 34.5. The molecule has 0 radical (unpaired) electrons. The number of amides is 3. The lowest BCUT2D eigenvalue weighted by atomic mass is 10.1. The van der Waals surface area contributed by atoms with Gasteiger partial charge in [0.25, 0.3) is 17.7 Å². The van der Waals surface area contributed by atoms with Crippen molar-refractivity contribution in [2.45, 2.75) is 13.5 Å². The highest BCUT2D eigenvalue weighted by Gasteiger charge is 2.19. The smallest absolute Gasteiger partial charge is 0.281 e. The molecule has 0 heterocycles. The molecule has 0 spiro atoms. The number of rotatable bonds is 7. The Morgan fingerprint density at radius 1 is 0.935 bits per heavy atom. The molecule has 0 saturated heterocycles. The Balaban J connectivity index is 0.00000480. The van der Waals surface area contributed by atoms with Gasteiger partial charge in [-0.3, -0.25) is 24.8 Å². The zero-order chi connectivity index (χ0) is 21.9. The molecule has 0 aliphatic carbocycles. The minimum atomic E-state index is -1.05. The maximum absolute atomic E-state index is 12.2. The van der Waals surface area contributed by atoms with E-state index in [4.69, 9.17) is 20.9 Å². The first-order chi connectivity index (χ1) is 14.5. The van der Waals surface area contributed by atoms with Gasteiger partial charge in [-0.1, -0.05) is 19.3 Å². The normalized spacial score (nSPS) is 10.4. The summed E-state index contributed by atoms with van der Waals surface area (Å²) in [5, 5.41) is 19.5. The fourth-order valence-electron chi connectivity index (χ4n) is 2.22. The van der Waals surface area contributed by atoms with Gasteiger partial charge in [0.2, 0.25) is 0 Å². The highest BCUT2D eigenvalue weighted by Crippen LogP contribution is 2.11. The molecular formula is C21H24N4O6. The van der Waals surface area contributed by atoms with E-state index in [0.29, 0.717) is 22.4 Å². The van der Waals surface area contributed by atoms with Crippen LogP contribution in [0.2, 0.25) is 0 Å². The minimum Gasteiger partial charge on any atom is -0.484 e. The van der Waals surface area contributed by atoms with Crippen LogP contribution in [0.3, 0.4) is 0 Å². The molecule has 2 aromatic carbocycles. The van der Waals surface area contributed by atoms with Crippen molar-refractivity contribution in [1.29, 1.82) is 0 Å². The van der Waals surface area contributed by atoms with Crippen molar-refractivity contribution in [2.75, 3.05) is 13.2 Å². The van der Waals surface area contributed by atoms with Crippen LogP contribution in [0.5, 0.6) is 5.75 Å². The van der Waals surface area contributed by atoms with E-state index in [1.165, 1.54) is 11.0 Å². The number of hydroxylamine groups is 2. The van der Waals surface area contributed by atoms with Crippen LogP contribution >= 0.6 is 0 Å². The lowest BCUT2D eigenvalue weighted by Gasteiger charge is -2.14. The summed E-state index contributed by atoms with van der Waals surface area (Å²) in [5.41, 5.74) is 9.99. The Hall–Kier alpha value is -3.91. The van der Waals surface area contributed by atoms with Crippen LogP contribution in [-0.2, 0) is 9.59 Å². The number of hydrogen-bond donors (Lipinski definition) is 6. The van der Waals surface area contributed by atoms with Gasteiger partial charge in [0.1, 0.15) is 11.8 Å². The molecule has 2 aromatic rings. The lowest BCUT2D eigenvalue weighted by molar-refractivity contribution is -0.131. The highest BCUT2D eigenvalue weighted by atomic mass is 16.5. The van der Waals surface area contributed by atoms with E-state index in [2.05, 4.69) is 17.2 Å².